The SMILES string of the molecule is CC[As](CC)c1nc(C(N)=O)cc(-c2ccc(OC)cc2OC)n1. The second kappa shape index (κ2) is 8.15. The van der Waals surface area contributed by atoms with Gasteiger partial charge in [0.05, 0.1) is 0 Å². The molecular formula is C17H22AsN3O3. The predicted octanol–water partition coefficient (Wildman–Crippen LogP) is 2.00. The van der Waals surface area contributed by atoms with E-state index in [9.17, 15) is 4.79 Å². The topological polar surface area (TPSA) is 87.3 Å². The molecule has 1 amide bonds. The van der Waals surface area contributed by atoms with Gasteiger partial charge in [-0.2, -0.15) is 0 Å². The van der Waals surface area contributed by atoms with Gasteiger partial charge in [-0.25, -0.2) is 0 Å². The first-order chi connectivity index (χ1) is 11.5. The Balaban J connectivity index is 2.63. The molecule has 0 spiro atoms. The van der Waals surface area contributed by atoms with Crippen molar-refractivity contribution in [2.45, 2.75) is 24.3 Å². The molecule has 0 bridgehead atoms. The van der Waals surface area contributed by atoms with Crippen molar-refractivity contribution in [2.24, 2.45) is 5.73 Å². The predicted molar refractivity (Wildman–Crippen MR) is 95.4 cm³/mol. The number of rotatable bonds is 7. The van der Waals surface area contributed by atoms with Crippen molar-refractivity contribution < 1.29 is 14.3 Å². The van der Waals surface area contributed by atoms with Crippen LogP contribution in [-0.2, 0) is 0 Å². The maximum absolute atomic E-state index is 11.7. The number of primary amides is 1. The maximum atomic E-state index is 11.7. The first kappa shape index (κ1) is 18.3. The van der Waals surface area contributed by atoms with Crippen molar-refractivity contribution in [3.63, 3.8) is 0 Å². The Morgan fingerprint density at radius 3 is 2.38 bits per heavy atom. The van der Waals surface area contributed by atoms with Gasteiger partial charge in [-0.1, -0.05) is 0 Å². The van der Waals surface area contributed by atoms with Gasteiger partial charge in [-0.05, 0) is 0 Å². The molecule has 0 fully saturated rings. The monoisotopic (exact) mass is 391 g/mol. The van der Waals surface area contributed by atoms with E-state index in [0.29, 0.717) is 17.2 Å². The van der Waals surface area contributed by atoms with E-state index < -0.39 is 20.6 Å². The molecule has 0 aliphatic carbocycles. The Morgan fingerprint density at radius 1 is 1.12 bits per heavy atom. The molecule has 7 heteroatoms. The summed E-state index contributed by atoms with van der Waals surface area (Å²) in [6, 6.07) is 7.10. The molecule has 1 aromatic carbocycles. The van der Waals surface area contributed by atoms with Crippen LogP contribution in [0.3, 0.4) is 0 Å². The number of carbonyl (C=O) groups excluding carboxylic acids is 1. The number of methoxy groups -OCH3 is 2. The van der Waals surface area contributed by atoms with Crippen LogP contribution in [0.1, 0.15) is 24.3 Å². The molecule has 1 aromatic heterocycles. The number of aromatic nitrogens is 2. The summed E-state index contributed by atoms with van der Waals surface area (Å²) >= 11 is -1.38. The van der Waals surface area contributed by atoms with Gasteiger partial charge in [0.15, 0.2) is 0 Å². The molecule has 2 N–H and O–H groups in total. The molecule has 0 aliphatic rings. The van der Waals surface area contributed by atoms with E-state index in [1.807, 2.05) is 12.1 Å². The molecule has 0 aliphatic heterocycles. The normalized spacial score (nSPS) is 10.7. The zero-order valence-corrected chi connectivity index (χ0v) is 16.2. The van der Waals surface area contributed by atoms with Crippen molar-refractivity contribution >= 4 is 25.2 Å². The van der Waals surface area contributed by atoms with Crippen molar-refractivity contribution in [1.29, 1.82) is 0 Å². The average molecular weight is 391 g/mol. The van der Waals surface area contributed by atoms with Crippen LogP contribution in [-0.4, -0.2) is 44.7 Å². The molecular weight excluding hydrogens is 369 g/mol. The number of benzene rings is 1. The van der Waals surface area contributed by atoms with E-state index >= 15 is 0 Å². The van der Waals surface area contributed by atoms with Gasteiger partial charge in [0.1, 0.15) is 0 Å². The molecule has 0 atom stereocenters. The van der Waals surface area contributed by atoms with Crippen molar-refractivity contribution in [3.8, 4) is 22.8 Å². The number of amides is 1. The fraction of sp³-hybridized carbons (Fsp3) is 0.353. The third-order valence-electron chi connectivity index (χ3n) is 3.70. The zero-order valence-electron chi connectivity index (χ0n) is 14.4. The minimum atomic E-state index is -1.38. The third-order valence-corrected chi connectivity index (χ3v) is 8.51. The fourth-order valence-corrected chi connectivity index (χ4v) is 5.53. The van der Waals surface area contributed by atoms with Crippen LogP contribution in [0.5, 0.6) is 11.5 Å². The molecule has 2 rings (SSSR count). The summed E-state index contributed by atoms with van der Waals surface area (Å²) in [6.45, 7) is 4.27. The number of nitrogens with zero attached hydrogens (tertiary/aromatic N) is 2. The standard InChI is InChI=1S/C17H22AsN3O3/c1-5-18(6-2)17-20-13(10-14(21-17)16(19)22)12-8-7-11(23-3)9-15(12)24-4/h7-10H,5-6H2,1-4H3,(H2,19,22). The molecule has 1 heterocycles. The van der Waals surface area contributed by atoms with E-state index in [4.69, 9.17) is 20.2 Å². The quantitative estimate of drug-likeness (QED) is 0.730. The molecule has 0 unspecified atom stereocenters. The van der Waals surface area contributed by atoms with Gasteiger partial charge < -0.3 is 0 Å². The van der Waals surface area contributed by atoms with Crippen LogP contribution in [0.4, 0.5) is 0 Å². The number of nitrogens with two attached hydrogens (primary N) is 1. The van der Waals surface area contributed by atoms with E-state index in [-0.39, 0.29) is 5.69 Å². The molecule has 128 valence electrons. The minimum absolute atomic E-state index is 0.245. The summed E-state index contributed by atoms with van der Waals surface area (Å²) in [5, 5.41) is 2.07. The number of hydrogen-bond donors (Lipinski definition) is 1. The van der Waals surface area contributed by atoms with Gasteiger partial charge in [-0.3, -0.25) is 0 Å². The van der Waals surface area contributed by atoms with Crippen molar-refractivity contribution in [3.05, 3.63) is 30.0 Å². The first-order valence-electron chi connectivity index (χ1n) is 7.70. The summed E-state index contributed by atoms with van der Waals surface area (Å²) < 4.78 is 11.5. The molecule has 0 saturated carbocycles. The summed E-state index contributed by atoms with van der Waals surface area (Å²) in [6.07, 6.45) is 0. The number of carbonyl (C=O) groups is 1. The Kier molecular flexibility index (Phi) is 6.21. The van der Waals surface area contributed by atoms with E-state index in [0.717, 1.165) is 20.6 Å². The Bertz CT molecular complexity index is 733. The molecule has 0 radical (unpaired) electrons. The van der Waals surface area contributed by atoms with Crippen LogP contribution >= 0.6 is 0 Å². The Hall–Kier alpha value is -2.07. The van der Waals surface area contributed by atoms with Crippen LogP contribution < -0.4 is 19.8 Å². The van der Waals surface area contributed by atoms with E-state index in [1.54, 1.807) is 26.4 Å². The second-order valence-corrected chi connectivity index (χ2v) is 10.8. The number of hydrogen-bond acceptors (Lipinski definition) is 5. The summed E-state index contributed by atoms with van der Waals surface area (Å²) in [5.41, 5.74) is 7.14. The first-order valence-corrected chi connectivity index (χ1v) is 11.3. The van der Waals surface area contributed by atoms with E-state index in [2.05, 4.69) is 18.8 Å². The average Bonchev–Trinajstić information content (AvgIpc) is 2.61. The van der Waals surface area contributed by atoms with Crippen LogP contribution in [0.2, 0.25) is 10.4 Å². The van der Waals surface area contributed by atoms with Gasteiger partial charge in [0, 0.05) is 0 Å². The number of ether oxygens (including phenoxy) is 2. The second-order valence-electron chi connectivity index (χ2n) is 5.04. The Morgan fingerprint density at radius 2 is 1.83 bits per heavy atom. The molecule has 6 nitrogen and oxygen atoms in total. The zero-order chi connectivity index (χ0) is 17.7. The summed E-state index contributed by atoms with van der Waals surface area (Å²) in [7, 11) is 3.19. The van der Waals surface area contributed by atoms with Gasteiger partial charge in [0.2, 0.25) is 0 Å². The van der Waals surface area contributed by atoms with Gasteiger partial charge in [0.25, 0.3) is 0 Å². The van der Waals surface area contributed by atoms with Crippen molar-refractivity contribution in [1.82, 2.24) is 9.97 Å². The van der Waals surface area contributed by atoms with Gasteiger partial charge >= 0.3 is 146 Å². The summed E-state index contributed by atoms with van der Waals surface area (Å²) in [4.78, 5) is 20.8. The van der Waals surface area contributed by atoms with Gasteiger partial charge in [-0.15, -0.1) is 0 Å². The molecule has 24 heavy (non-hydrogen) atoms. The molecule has 0 saturated heterocycles. The third kappa shape index (κ3) is 3.87. The van der Waals surface area contributed by atoms with Crippen LogP contribution in [0, 0.1) is 0 Å². The van der Waals surface area contributed by atoms with E-state index in [1.165, 1.54) is 0 Å². The van der Waals surface area contributed by atoms with Crippen LogP contribution in [0.25, 0.3) is 11.3 Å². The Labute approximate surface area is 146 Å². The van der Waals surface area contributed by atoms with Crippen molar-refractivity contribution in [2.75, 3.05) is 14.2 Å². The summed E-state index contributed by atoms with van der Waals surface area (Å²) in [5.74, 6) is 0.768. The fourth-order valence-electron chi connectivity index (χ4n) is 2.36. The molecule has 2 aromatic rings. The van der Waals surface area contributed by atoms with Crippen LogP contribution in [0.15, 0.2) is 24.3 Å².